The highest BCUT2D eigenvalue weighted by Crippen LogP contribution is 2.33. The van der Waals surface area contributed by atoms with Gasteiger partial charge in [0.1, 0.15) is 0 Å². The summed E-state index contributed by atoms with van der Waals surface area (Å²) in [5, 5.41) is 5.71. The van der Waals surface area contributed by atoms with Crippen molar-refractivity contribution < 1.29 is 22.8 Å². The molecule has 1 aromatic heterocycles. The zero-order chi connectivity index (χ0) is 29.4. The number of alkyl halides is 3. The zero-order valence-corrected chi connectivity index (χ0v) is 22.4. The summed E-state index contributed by atoms with van der Waals surface area (Å²) in [6.45, 7) is 5.41. The molecule has 1 atom stereocenters. The Hall–Kier alpha value is -4.59. The molecule has 0 saturated heterocycles. The van der Waals surface area contributed by atoms with Gasteiger partial charge in [0.15, 0.2) is 0 Å². The third kappa shape index (κ3) is 5.43. The van der Waals surface area contributed by atoms with Crippen molar-refractivity contribution in [1.82, 2.24) is 19.8 Å². The van der Waals surface area contributed by atoms with Gasteiger partial charge in [-0.3, -0.25) is 14.4 Å². The minimum Gasteiger partial charge on any atom is -0.355 e. The largest absolute Gasteiger partial charge is 0.417 e. The van der Waals surface area contributed by atoms with Gasteiger partial charge < -0.3 is 15.5 Å². The zero-order valence-electron chi connectivity index (χ0n) is 22.4. The number of carbonyl (C=O) groups excluding carboxylic acids is 2. The van der Waals surface area contributed by atoms with E-state index in [1.165, 1.54) is 22.6 Å². The van der Waals surface area contributed by atoms with Crippen LogP contribution in [-0.2, 0) is 19.1 Å². The smallest absolute Gasteiger partial charge is 0.355 e. The van der Waals surface area contributed by atoms with E-state index in [0.29, 0.717) is 22.5 Å². The van der Waals surface area contributed by atoms with Crippen molar-refractivity contribution >= 4 is 17.8 Å². The highest BCUT2D eigenvalue weighted by molar-refractivity contribution is 5.95. The minimum atomic E-state index is -4.72. The molecule has 0 radical (unpaired) electrons. The van der Waals surface area contributed by atoms with Crippen LogP contribution in [0.15, 0.2) is 47.3 Å². The molecule has 4 rings (SSSR count). The Balaban J connectivity index is 1.75. The molecule has 0 bridgehead atoms. The molecule has 1 aliphatic rings. The first kappa shape index (κ1) is 28.4. The van der Waals surface area contributed by atoms with E-state index in [1.54, 1.807) is 31.2 Å². The molecule has 0 fully saturated rings. The number of aromatic nitrogens is 2. The molecule has 2 heterocycles. The van der Waals surface area contributed by atoms with Crippen molar-refractivity contribution in [3.8, 4) is 18.0 Å². The fourth-order valence-corrected chi connectivity index (χ4v) is 4.63. The first-order valence-corrected chi connectivity index (χ1v) is 12.6. The van der Waals surface area contributed by atoms with Gasteiger partial charge in [0.2, 0.25) is 5.95 Å². The maximum Gasteiger partial charge on any atom is 0.417 e. The molecule has 11 heteroatoms. The lowest BCUT2D eigenvalue weighted by molar-refractivity contribution is -0.137. The van der Waals surface area contributed by atoms with Crippen molar-refractivity contribution in [3.63, 3.8) is 0 Å². The van der Waals surface area contributed by atoms with Gasteiger partial charge in [-0.15, -0.1) is 6.42 Å². The average Bonchev–Trinajstić information content (AvgIpc) is 2.91. The van der Waals surface area contributed by atoms with Crippen LogP contribution >= 0.6 is 0 Å². The van der Waals surface area contributed by atoms with Crippen molar-refractivity contribution in [2.24, 2.45) is 0 Å². The average molecular weight is 552 g/mol. The molecule has 2 amide bonds. The number of amides is 2. The fraction of sp³-hybridized carbons (Fsp3) is 0.310. The quantitative estimate of drug-likeness (QED) is 0.468. The molecule has 2 N–H and O–H groups in total. The van der Waals surface area contributed by atoms with Gasteiger partial charge in [-0.1, -0.05) is 5.92 Å². The van der Waals surface area contributed by atoms with Crippen LogP contribution in [0.3, 0.4) is 0 Å². The number of nitrogens with one attached hydrogen (secondary N) is 2. The number of hydrogen-bond acceptors (Lipinski definition) is 5. The number of carbonyl (C=O) groups is 2. The number of anilines is 1. The van der Waals surface area contributed by atoms with Crippen molar-refractivity contribution in [3.05, 3.63) is 86.3 Å². The summed E-state index contributed by atoms with van der Waals surface area (Å²) >= 11 is 0. The molecule has 2 aromatic carbocycles. The Labute approximate surface area is 229 Å². The lowest BCUT2D eigenvalue weighted by Crippen LogP contribution is -2.46. The van der Waals surface area contributed by atoms with Crippen molar-refractivity contribution in [2.45, 2.75) is 52.0 Å². The Bertz CT molecular complexity index is 1570. The van der Waals surface area contributed by atoms with Crippen molar-refractivity contribution in [1.29, 1.82) is 0 Å². The van der Waals surface area contributed by atoms with Gasteiger partial charge in [0, 0.05) is 41.4 Å². The predicted octanol–water partition coefficient (Wildman–Crippen LogP) is 4.00. The van der Waals surface area contributed by atoms with E-state index >= 15 is 0 Å². The van der Waals surface area contributed by atoms with Gasteiger partial charge in [0.05, 0.1) is 23.5 Å². The van der Waals surface area contributed by atoms with Crippen LogP contribution < -0.4 is 16.2 Å². The normalized spacial score (nSPS) is 14.9. The molecule has 40 heavy (non-hydrogen) atoms. The Morgan fingerprint density at radius 2 is 1.77 bits per heavy atom. The monoisotopic (exact) mass is 551 g/mol. The van der Waals surface area contributed by atoms with Crippen LogP contribution in [0.2, 0.25) is 0 Å². The molecule has 0 spiro atoms. The van der Waals surface area contributed by atoms with Gasteiger partial charge in [-0.05, 0) is 69.7 Å². The number of hydrogen-bond donors (Lipinski definition) is 2. The Morgan fingerprint density at radius 1 is 1.12 bits per heavy atom. The summed E-state index contributed by atoms with van der Waals surface area (Å²) in [6.07, 6.45) is 0.657. The fourth-order valence-electron chi connectivity index (χ4n) is 4.63. The second-order valence-corrected chi connectivity index (χ2v) is 9.81. The van der Waals surface area contributed by atoms with E-state index in [4.69, 9.17) is 6.42 Å². The van der Waals surface area contributed by atoms with Crippen LogP contribution in [0.4, 0.5) is 19.1 Å². The van der Waals surface area contributed by atoms with Crippen LogP contribution in [0.1, 0.15) is 63.9 Å². The topological polar surface area (TPSA) is 96.3 Å². The Kier molecular flexibility index (Phi) is 7.73. The maximum absolute atomic E-state index is 13.8. The molecule has 1 aliphatic heterocycles. The summed E-state index contributed by atoms with van der Waals surface area (Å²) in [4.78, 5) is 45.2. The number of fused-ring (bicyclic) bond motifs is 1. The van der Waals surface area contributed by atoms with Gasteiger partial charge in [-0.2, -0.15) is 13.2 Å². The minimum absolute atomic E-state index is 0.0635. The number of benzene rings is 2. The summed E-state index contributed by atoms with van der Waals surface area (Å²) in [5.74, 6) is 1.36. The highest BCUT2D eigenvalue weighted by atomic mass is 19.4. The summed E-state index contributed by atoms with van der Waals surface area (Å²) in [6, 6.07) is 9.04. The van der Waals surface area contributed by atoms with Crippen molar-refractivity contribution in [2.75, 3.05) is 12.4 Å². The summed E-state index contributed by atoms with van der Waals surface area (Å²) in [5.41, 5.74) is -0.224. The molecule has 0 unspecified atom stereocenters. The van der Waals surface area contributed by atoms with E-state index in [1.807, 2.05) is 19.8 Å². The second kappa shape index (κ2) is 10.9. The van der Waals surface area contributed by atoms with E-state index in [9.17, 15) is 27.6 Å². The lowest BCUT2D eigenvalue weighted by Gasteiger charge is -2.35. The Morgan fingerprint density at radius 3 is 2.35 bits per heavy atom. The van der Waals surface area contributed by atoms with Crippen LogP contribution in [0.5, 0.6) is 0 Å². The van der Waals surface area contributed by atoms with Gasteiger partial charge >= 0.3 is 6.18 Å². The van der Waals surface area contributed by atoms with E-state index in [-0.39, 0.29) is 47.5 Å². The van der Waals surface area contributed by atoms with Crippen LogP contribution in [0.25, 0.3) is 5.69 Å². The molecular formula is C29H28F3N5O3. The second-order valence-electron chi connectivity index (χ2n) is 9.81. The van der Waals surface area contributed by atoms with Gasteiger partial charge in [-0.25, -0.2) is 9.55 Å². The lowest BCUT2D eigenvalue weighted by atomic mass is 9.97. The highest BCUT2D eigenvalue weighted by Gasteiger charge is 2.36. The standard InChI is InChI=1S/C29H28F3N5O3/c1-6-18-7-8-20(14-23(18)29(30,31)32)26(39)36-15-24-22(13-17(36)4)27(40)37(28(35-24)34-16(2)3)21-11-9-19(10-12-21)25(38)33-5/h1,7-12,14,16-17H,13,15H2,2-5H3,(H,33,38)(H,34,35)/t17-/m1/s1. The SMILES string of the molecule is C#Cc1ccc(C(=O)N2Cc3nc(NC(C)C)n(-c4ccc(C(=O)NC)cc4)c(=O)c3C[C@H]2C)cc1C(F)(F)F. The van der Waals surface area contributed by atoms with Gasteiger partial charge in [0.25, 0.3) is 17.4 Å². The predicted molar refractivity (Wildman–Crippen MR) is 144 cm³/mol. The van der Waals surface area contributed by atoms with Crippen LogP contribution in [-0.4, -0.2) is 45.4 Å². The molecular weight excluding hydrogens is 523 g/mol. The van der Waals surface area contributed by atoms with E-state index < -0.39 is 23.7 Å². The number of nitrogens with zero attached hydrogens (tertiary/aromatic N) is 3. The summed E-state index contributed by atoms with van der Waals surface area (Å²) < 4.78 is 42.1. The third-order valence-electron chi connectivity index (χ3n) is 6.63. The third-order valence-corrected chi connectivity index (χ3v) is 6.63. The molecule has 0 aliphatic carbocycles. The molecule has 0 saturated carbocycles. The number of terminal acetylenes is 1. The number of halogens is 3. The molecule has 8 nitrogen and oxygen atoms in total. The molecule has 208 valence electrons. The summed E-state index contributed by atoms with van der Waals surface area (Å²) in [7, 11) is 1.52. The van der Waals surface area contributed by atoms with Crippen LogP contribution in [0, 0.1) is 12.3 Å². The van der Waals surface area contributed by atoms with E-state index in [2.05, 4.69) is 15.6 Å². The van der Waals surface area contributed by atoms with E-state index in [0.717, 1.165) is 12.1 Å². The maximum atomic E-state index is 13.8. The number of rotatable bonds is 5. The first-order valence-electron chi connectivity index (χ1n) is 12.6. The first-order chi connectivity index (χ1) is 18.8. The molecule has 3 aromatic rings.